The molecule has 1 saturated carbocycles. The van der Waals surface area contributed by atoms with E-state index in [0.717, 1.165) is 56.5 Å². The van der Waals surface area contributed by atoms with E-state index < -0.39 is 0 Å². The number of hydrogen-bond acceptors (Lipinski definition) is 4. The molecule has 0 aromatic carbocycles. The summed E-state index contributed by atoms with van der Waals surface area (Å²) in [5.74, 6) is -0.0469. The van der Waals surface area contributed by atoms with E-state index in [1.54, 1.807) is 4.90 Å². The van der Waals surface area contributed by atoms with Crippen molar-refractivity contribution in [3.8, 4) is 0 Å². The second-order valence-electron chi connectivity index (χ2n) is 7.89. The van der Waals surface area contributed by atoms with E-state index in [4.69, 9.17) is 4.74 Å². The fourth-order valence-electron chi connectivity index (χ4n) is 4.51. The van der Waals surface area contributed by atoms with Gasteiger partial charge in [0.1, 0.15) is 0 Å². The fourth-order valence-corrected chi connectivity index (χ4v) is 4.51. The Morgan fingerprint density at radius 2 is 2.19 bits per heavy atom. The number of ether oxygens (including phenoxy) is 1. The normalized spacial score (nSPS) is 25.7. The van der Waals surface area contributed by atoms with Crippen LogP contribution < -0.4 is 0 Å². The van der Waals surface area contributed by atoms with Crippen LogP contribution in [-0.4, -0.2) is 57.7 Å². The van der Waals surface area contributed by atoms with E-state index >= 15 is 0 Å². The quantitative estimate of drug-likeness (QED) is 0.845. The summed E-state index contributed by atoms with van der Waals surface area (Å²) in [6.07, 6.45) is 6.85. The summed E-state index contributed by atoms with van der Waals surface area (Å²) in [6, 6.07) is 1.83. The van der Waals surface area contributed by atoms with Crippen LogP contribution in [0.25, 0.3) is 0 Å². The summed E-state index contributed by atoms with van der Waals surface area (Å²) >= 11 is 0. The Hall–Kier alpha value is -1.89. The van der Waals surface area contributed by atoms with Gasteiger partial charge < -0.3 is 9.64 Å². The lowest BCUT2D eigenvalue weighted by molar-refractivity contribution is -0.136. The van der Waals surface area contributed by atoms with Crippen molar-refractivity contribution in [1.82, 2.24) is 20.0 Å². The summed E-state index contributed by atoms with van der Waals surface area (Å²) in [5.41, 5.74) is 1.89. The van der Waals surface area contributed by atoms with Crippen LogP contribution in [0.4, 0.5) is 4.79 Å². The number of H-pyrrole nitrogens is 1. The highest BCUT2D eigenvalue weighted by Gasteiger charge is 2.49. The first-order valence-electron chi connectivity index (χ1n) is 9.85. The summed E-state index contributed by atoms with van der Waals surface area (Å²) in [6.45, 7) is 4.31. The predicted molar refractivity (Wildman–Crippen MR) is 95.4 cm³/mol. The molecule has 3 amide bonds. The number of hydrogen-bond donors (Lipinski definition) is 1. The first-order valence-corrected chi connectivity index (χ1v) is 9.85. The first kappa shape index (κ1) is 17.5. The van der Waals surface area contributed by atoms with Crippen LogP contribution in [0.1, 0.15) is 56.8 Å². The third-order valence-corrected chi connectivity index (χ3v) is 6.24. The number of carbonyl (C=O) groups is 2. The smallest absolute Gasteiger partial charge is 0.327 e. The van der Waals surface area contributed by atoms with Crippen LogP contribution in [0.5, 0.6) is 0 Å². The molecule has 4 rings (SSSR count). The monoisotopic (exact) mass is 360 g/mol. The average molecular weight is 360 g/mol. The van der Waals surface area contributed by atoms with Gasteiger partial charge in [-0.25, -0.2) is 4.79 Å². The van der Waals surface area contributed by atoms with Gasteiger partial charge >= 0.3 is 6.03 Å². The van der Waals surface area contributed by atoms with Gasteiger partial charge in [0.2, 0.25) is 5.91 Å². The third-order valence-electron chi connectivity index (χ3n) is 6.24. The van der Waals surface area contributed by atoms with E-state index in [1.807, 2.05) is 6.07 Å². The zero-order valence-corrected chi connectivity index (χ0v) is 15.5. The Balaban J connectivity index is 1.46. The van der Waals surface area contributed by atoms with Crippen LogP contribution in [0.2, 0.25) is 0 Å². The number of nitrogens with one attached hydrogen (secondary N) is 1. The Bertz CT molecular complexity index is 676. The number of rotatable bonds is 6. The number of aromatic amines is 1. The summed E-state index contributed by atoms with van der Waals surface area (Å²) in [5, 5.41) is 7.23. The fraction of sp³-hybridized carbons (Fsp3) is 0.737. The molecule has 0 bridgehead atoms. The molecule has 0 spiro atoms. The molecule has 2 aliphatic heterocycles. The van der Waals surface area contributed by atoms with Gasteiger partial charge in [0.05, 0.1) is 24.0 Å². The van der Waals surface area contributed by atoms with Gasteiger partial charge in [0.25, 0.3) is 0 Å². The number of aromatic nitrogens is 2. The second-order valence-corrected chi connectivity index (χ2v) is 7.89. The van der Waals surface area contributed by atoms with Crippen molar-refractivity contribution in [2.24, 2.45) is 5.41 Å². The first-order chi connectivity index (χ1) is 12.6. The largest absolute Gasteiger partial charge is 0.378 e. The summed E-state index contributed by atoms with van der Waals surface area (Å²) in [4.78, 5) is 28.8. The Morgan fingerprint density at radius 3 is 2.81 bits per heavy atom. The summed E-state index contributed by atoms with van der Waals surface area (Å²) in [7, 11) is 0. The minimum absolute atomic E-state index is 0.0196. The van der Waals surface area contributed by atoms with Crippen LogP contribution in [0, 0.1) is 5.41 Å². The third kappa shape index (κ3) is 3.13. The Labute approximate surface area is 154 Å². The standard InChI is InChI=1S/C19H28N4O3/c1-2-14-11-15(21-20-14)12-22-9-6-17(24)23(18(22)25)13-19(7-4-8-19)16-5-3-10-26-16/h11,16H,2-10,12-13H2,1H3,(H,20,21). The average Bonchev–Trinajstić information content (AvgIpc) is 3.28. The lowest BCUT2D eigenvalue weighted by atomic mass is 9.64. The van der Waals surface area contributed by atoms with Crippen LogP contribution in [0.3, 0.4) is 0 Å². The van der Waals surface area contributed by atoms with E-state index in [1.165, 1.54) is 4.90 Å². The van der Waals surface area contributed by atoms with Crippen molar-refractivity contribution in [3.05, 3.63) is 17.5 Å². The van der Waals surface area contributed by atoms with E-state index in [9.17, 15) is 9.59 Å². The van der Waals surface area contributed by atoms with Crippen molar-refractivity contribution >= 4 is 11.9 Å². The SMILES string of the molecule is CCc1cc(CN2CCC(=O)N(CC3(C4CCCO4)CCC3)C2=O)[nH]n1. The number of nitrogens with zero attached hydrogens (tertiary/aromatic N) is 3. The molecule has 1 N–H and O–H groups in total. The Morgan fingerprint density at radius 1 is 1.35 bits per heavy atom. The zero-order chi connectivity index (χ0) is 18.1. The maximum Gasteiger partial charge on any atom is 0.327 e. The molecule has 1 unspecified atom stereocenters. The highest BCUT2D eigenvalue weighted by Crippen LogP contribution is 2.49. The second kappa shape index (κ2) is 7.02. The van der Waals surface area contributed by atoms with Crippen LogP contribution in [-0.2, 0) is 22.5 Å². The topological polar surface area (TPSA) is 78.5 Å². The van der Waals surface area contributed by atoms with E-state index in [2.05, 4.69) is 17.1 Å². The molecule has 3 aliphatic rings. The van der Waals surface area contributed by atoms with Gasteiger partial charge in [-0.1, -0.05) is 13.3 Å². The number of amides is 3. The maximum absolute atomic E-state index is 13.0. The molecule has 0 radical (unpaired) electrons. The van der Waals surface area contributed by atoms with Crippen molar-refractivity contribution in [2.45, 2.75) is 64.5 Å². The molecular formula is C19H28N4O3. The molecule has 3 heterocycles. The molecular weight excluding hydrogens is 332 g/mol. The minimum Gasteiger partial charge on any atom is -0.378 e. The maximum atomic E-state index is 13.0. The van der Waals surface area contributed by atoms with E-state index in [0.29, 0.717) is 26.1 Å². The lowest BCUT2D eigenvalue weighted by Gasteiger charge is -2.49. The predicted octanol–water partition coefficient (Wildman–Crippen LogP) is 2.48. The molecule has 26 heavy (non-hydrogen) atoms. The summed E-state index contributed by atoms with van der Waals surface area (Å²) < 4.78 is 5.93. The van der Waals surface area contributed by atoms with Gasteiger partial charge in [0.15, 0.2) is 0 Å². The molecule has 142 valence electrons. The lowest BCUT2D eigenvalue weighted by Crippen LogP contribution is -2.58. The molecule has 1 atom stereocenters. The number of aryl methyl sites for hydroxylation is 1. The van der Waals surface area contributed by atoms with Gasteiger partial charge in [-0.3, -0.25) is 14.8 Å². The van der Waals surface area contributed by atoms with Crippen LogP contribution >= 0.6 is 0 Å². The van der Waals surface area contributed by atoms with E-state index in [-0.39, 0.29) is 23.5 Å². The van der Waals surface area contributed by atoms with Gasteiger partial charge in [-0.2, -0.15) is 5.10 Å². The van der Waals surface area contributed by atoms with Crippen molar-refractivity contribution in [1.29, 1.82) is 0 Å². The highest BCUT2D eigenvalue weighted by atomic mass is 16.5. The number of imide groups is 1. The zero-order valence-electron chi connectivity index (χ0n) is 15.5. The molecule has 1 aromatic heterocycles. The number of carbonyl (C=O) groups excluding carboxylic acids is 2. The van der Waals surface area contributed by atoms with Crippen LogP contribution in [0.15, 0.2) is 6.07 Å². The van der Waals surface area contributed by atoms with Gasteiger partial charge in [0, 0.05) is 31.5 Å². The molecule has 7 heteroatoms. The van der Waals surface area contributed by atoms with Crippen molar-refractivity contribution in [3.63, 3.8) is 0 Å². The molecule has 1 aliphatic carbocycles. The number of urea groups is 1. The van der Waals surface area contributed by atoms with Crippen molar-refractivity contribution in [2.75, 3.05) is 19.7 Å². The molecule has 3 fully saturated rings. The molecule has 7 nitrogen and oxygen atoms in total. The van der Waals surface area contributed by atoms with Crippen molar-refractivity contribution < 1.29 is 14.3 Å². The molecule has 2 saturated heterocycles. The molecule has 1 aromatic rings. The van der Waals surface area contributed by atoms with Gasteiger partial charge in [-0.15, -0.1) is 0 Å². The van der Waals surface area contributed by atoms with Gasteiger partial charge in [-0.05, 0) is 38.2 Å². The minimum atomic E-state index is -0.168. The highest BCUT2D eigenvalue weighted by molar-refractivity contribution is 5.96. The Kier molecular flexibility index (Phi) is 4.73.